The summed E-state index contributed by atoms with van der Waals surface area (Å²) >= 11 is 0. The van der Waals surface area contributed by atoms with Crippen LogP contribution < -0.4 is 0 Å². The lowest BCUT2D eigenvalue weighted by atomic mass is 9.78. The predicted octanol–water partition coefficient (Wildman–Crippen LogP) is 3.92. The molecule has 0 nitrogen and oxygen atoms in total. The molecule has 0 amide bonds. The van der Waals surface area contributed by atoms with Crippen LogP contribution in [0.5, 0.6) is 0 Å². The number of alkyl halides is 6. The molecule has 0 aromatic rings. The van der Waals surface area contributed by atoms with Crippen LogP contribution in [0.2, 0.25) is 0 Å². The van der Waals surface area contributed by atoms with E-state index in [1.807, 2.05) is 0 Å². The molecule has 0 saturated heterocycles. The highest BCUT2D eigenvalue weighted by Gasteiger charge is 2.55. The summed E-state index contributed by atoms with van der Waals surface area (Å²) < 4.78 is 73.3. The molecular weight excluding hydrogens is 210 g/mol. The van der Waals surface area contributed by atoms with E-state index in [0.29, 0.717) is 0 Å². The molecule has 0 heterocycles. The van der Waals surface area contributed by atoms with Gasteiger partial charge < -0.3 is 0 Å². The van der Waals surface area contributed by atoms with Gasteiger partial charge in [-0.2, -0.15) is 26.3 Å². The molecule has 1 aliphatic rings. The Labute approximate surface area is 77.3 Å². The molecule has 0 N–H and O–H groups in total. The Morgan fingerprint density at radius 1 is 0.643 bits per heavy atom. The second-order valence-electron chi connectivity index (χ2n) is 3.58. The summed E-state index contributed by atoms with van der Waals surface area (Å²) in [5.74, 6) is -4.40. The van der Waals surface area contributed by atoms with Crippen molar-refractivity contribution in [3.8, 4) is 0 Å². The Hall–Kier alpha value is -0.420. The van der Waals surface area contributed by atoms with Crippen LogP contribution in [0.3, 0.4) is 0 Å². The molecule has 1 rings (SSSR count). The number of hydrogen-bond donors (Lipinski definition) is 0. The second-order valence-corrected chi connectivity index (χ2v) is 3.58. The lowest BCUT2D eigenvalue weighted by Crippen LogP contribution is -2.40. The van der Waals surface area contributed by atoms with Crippen molar-refractivity contribution in [1.29, 1.82) is 0 Å². The molecule has 6 heteroatoms. The topological polar surface area (TPSA) is 0 Å². The number of halogens is 6. The molecule has 0 aromatic carbocycles. The molecule has 1 fully saturated rings. The maximum atomic E-state index is 12.2. The summed E-state index contributed by atoms with van der Waals surface area (Å²) in [5.41, 5.74) is 0. The van der Waals surface area contributed by atoms with E-state index in [4.69, 9.17) is 0 Å². The fourth-order valence-corrected chi connectivity index (χ4v) is 1.91. The molecule has 1 aliphatic carbocycles. The van der Waals surface area contributed by atoms with Crippen molar-refractivity contribution in [1.82, 2.24) is 0 Å². The van der Waals surface area contributed by atoms with Gasteiger partial charge in [0.2, 0.25) is 0 Å². The van der Waals surface area contributed by atoms with Crippen LogP contribution in [0, 0.1) is 11.8 Å². The Kier molecular flexibility index (Phi) is 3.02. The molecule has 0 aliphatic heterocycles. The number of hydrogen-bond acceptors (Lipinski definition) is 0. The highest BCUT2D eigenvalue weighted by molar-refractivity contribution is 4.84. The Balaban J connectivity index is 2.80. The minimum atomic E-state index is -4.72. The van der Waals surface area contributed by atoms with E-state index in [2.05, 4.69) is 0 Å². The third-order valence-corrected chi connectivity index (χ3v) is 2.61. The van der Waals surface area contributed by atoms with Gasteiger partial charge in [0.15, 0.2) is 0 Å². The van der Waals surface area contributed by atoms with Gasteiger partial charge in [-0.15, -0.1) is 0 Å². The summed E-state index contributed by atoms with van der Waals surface area (Å²) in [5, 5.41) is 0. The standard InChI is InChI=1S/C8H10F6/c9-7(10,11)5-3-1-2-4-6(5)8(12,13)14/h5-6H,1-4H2. The Bertz CT molecular complexity index is 169. The summed E-state index contributed by atoms with van der Waals surface area (Å²) in [6.45, 7) is 0. The Morgan fingerprint density at radius 2 is 0.929 bits per heavy atom. The highest BCUT2D eigenvalue weighted by Crippen LogP contribution is 2.48. The van der Waals surface area contributed by atoms with Crippen molar-refractivity contribution in [3.63, 3.8) is 0 Å². The number of rotatable bonds is 0. The largest absolute Gasteiger partial charge is 0.392 e. The van der Waals surface area contributed by atoms with Crippen molar-refractivity contribution < 1.29 is 26.3 Å². The van der Waals surface area contributed by atoms with Gasteiger partial charge in [-0.25, -0.2) is 0 Å². The quantitative estimate of drug-likeness (QED) is 0.543. The first-order valence-corrected chi connectivity index (χ1v) is 4.36. The van der Waals surface area contributed by atoms with Crippen molar-refractivity contribution in [2.24, 2.45) is 11.8 Å². The van der Waals surface area contributed by atoms with Crippen LogP contribution >= 0.6 is 0 Å². The van der Waals surface area contributed by atoms with E-state index in [-0.39, 0.29) is 12.8 Å². The fourth-order valence-electron chi connectivity index (χ4n) is 1.91. The summed E-state index contributed by atoms with van der Waals surface area (Å²) in [4.78, 5) is 0. The molecular formula is C8H10F6. The molecule has 0 aromatic heterocycles. The maximum Gasteiger partial charge on any atom is 0.392 e. The lowest BCUT2D eigenvalue weighted by molar-refractivity contribution is -0.262. The second kappa shape index (κ2) is 3.62. The van der Waals surface area contributed by atoms with E-state index in [0.717, 1.165) is 0 Å². The molecule has 0 spiro atoms. The van der Waals surface area contributed by atoms with E-state index in [1.54, 1.807) is 0 Å². The van der Waals surface area contributed by atoms with Gasteiger partial charge >= 0.3 is 12.4 Å². The van der Waals surface area contributed by atoms with Crippen molar-refractivity contribution in [3.05, 3.63) is 0 Å². The molecule has 14 heavy (non-hydrogen) atoms. The Morgan fingerprint density at radius 3 is 1.14 bits per heavy atom. The third kappa shape index (κ3) is 2.54. The van der Waals surface area contributed by atoms with Crippen LogP contribution in [0.25, 0.3) is 0 Å². The van der Waals surface area contributed by atoms with Crippen molar-refractivity contribution in [2.45, 2.75) is 38.0 Å². The average Bonchev–Trinajstić information content (AvgIpc) is 2.01. The van der Waals surface area contributed by atoms with E-state index < -0.39 is 37.0 Å². The first-order chi connectivity index (χ1) is 6.23. The highest BCUT2D eigenvalue weighted by atomic mass is 19.4. The maximum absolute atomic E-state index is 12.2. The predicted molar refractivity (Wildman–Crippen MR) is 37.6 cm³/mol. The molecule has 0 bridgehead atoms. The van der Waals surface area contributed by atoms with Crippen LogP contribution in [-0.2, 0) is 0 Å². The SMILES string of the molecule is FC(F)(F)C1CCCCC1C(F)(F)F. The van der Waals surface area contributed by atoms with E-state index in [9.17, 15) is 26.3 Å². The normalized spacial score (nSPS) is 30.4. The monoisotopic (exact) mass is 220 g/mol. The van der Waals surface area contributed by atoms with Gasteiger partial charge in [0.25, 0.3) is 0 Å². The minimum absolute atomic E-state index is 0.233. The summed E-state index contributed by atoms with van der Waals surface area (Å²) in [6, 6.07) is 0. The van der Waals surface area contributed by atoms with Gasteiger partial charge in [-0.1, -0.05) is 12.8 Å². The van der Waals surface area contributed by atoms with E-state index >= 15 is 0 Å². The molecule has 2 unspecified atom stereocenters. The van der Waals surface area contributed by atoms with Gasteiger partial charge in [0.05, 0.1) is 11.8 Å². The zero-order chi connectivity index (χ0) is 11.0. The fraction of sp³-hybridized carbons (Fsp3) is 1.00. The minimum Gasteiger partial charge on any atom is -0.171 e. The van der Waals surface area contributed by atoms with Crippen molar-refractivity contribution in [2.75, 3.05) is 0 Å². The van der Waals surface area contributed by atoms with Gasteiger partial charge in [-0.05, 0) is 12.8 Å². The summed E-state index contributed by atoms with van der Waals surface area (Å²) in [7, 11) is 0. The zero-order valence-electron chi connectivity index (χ0n) is 7.25. The van der Waals surface area contributed by atoms with Crippen LogP contribution in [0.1, 0.15) is 25.7 Å². The first kappa shape index (κ1) is 11.7. The van der Waals surface area contributed by atoms with Crippen molar-refractivity contribution >= 4 is 0 Å². The summed E-state index contributed by atoms with van der Waals surface area (Å²) in [6.07, 6.45) is -9.77. The van der Waals surface area contributed by atoms with Gasteiger partial charge in [0.1, 0.15) is 0 Å². The molecule has 1 saturated carbocycles. The lowest BCUT2D eigenvalue weighted by Gasteiger charge is -2.34. The van der Waals surface area contributed by atoms with Crippen LogP contribution in [-0.4, -0.2) is 12.4 Å². The third-order valence-electron chi connectivity index (χ3n) is 2.61. The molecule has 0 radical (unpaired) electrons. The smallest absolute Gasteiger partial charge is 0.171 e. The van der Waals surface area contributed by atoms with Crippen LogP contribution in [0.4, 0.5) is 26.3 Å². The van der Waals surface area contributed by atoms with E-state index in [1.165, 1.54) is 0 Å². The van der Waals surface area contributed by atoms with Gasteiger partial charge in [0, 0.05) is 0 Å². The van der Waals surface area contributed by atoms with Crippen LogP contribution in [0.15, 0.2) is 0 Å². The molecule has 84 valence electrons. The average molecular weight is 220 g/mol. The first-order valence-electron chi connectivity index (χ1n) is 4.36. The zero-order valence-corrected chi connectivity index (χ0v) is 7.25. The molecule has 2 atom stereocenters. The van der Waals surface area contributed by atoms with Gasteiger partial charge in [-0.3, -0.25) is 0 Å².